The van der Waals surface area contributed by atoms with Gasteiger partial charge in [-0.05, 0) is 61.6 Å². The van der Waals surface area contributed by atoms with Crippen molar-refractivity contribution in [1.29, 1.82) is 0 Å². The van der Waals surface area contributed by atoms with Gasteiger partial charge in [0.25, 0.3) is 5.91 Å². The number of benzene rings is 2. The Kier molecular flexibility index (Phi) is 6.13. The van der Waals surface area contributed by atoms with Gasteiger partial charge in [-0.15, -0.1) is 0 Å². The van der Waals surface area contributed by atoms with Gasteiger partial charge in [0.2, 0.25) is 0 Å². The largest absolute Gasteiger partial charge is 0.484 e. The molecule has 1 amide bonds. The van der Waals surface area contributed by atoms with Crippen LogP contribution in [0.1, 0.15) is 36.1 Å². The first-order valence-electron chi connectivity index (χ1n) is 8.11. The number of nitrogens with one attached hydrogen (secondary N) is 1. The SMILES string of the molecule is CCc1ccc(/C(C)=N/NC(=O)COc2cc(C)cc(C)c2)cc1. The second kappa shape index (κ2) is 8.29. The van der Waals surface area contributed by atoms with Gasteiger partial charge in [0.1, 0.15) is 5.75 Å². The Balaban J connectivity index is 1.89. The second-order valence-corrected chi connectivity index (χ2v) is 5.89. The summed E-state index contributed by atoms with van der Waals surface area (Å²) in [6.45, 7) is 7.92. The van der Waals surface area contributed by atoms with Gasteiger partial charge >= 0.3 is 0 Å². The molecule has 0 aliphatic rings. The standard InChI is InChI=1S/C20H24N2O2/c1-5-17-6-8-18(9-7-17)16(4)21-22-20(23)13-24-19-11-14(2)10-15(3)12-19/h6-12H,5,13H2,1-4H3,(H,22,23)/b21-16+. The average molecular weight is 324 g/mol. The molecule has 0 heterocycles. The van der Waals surface area contributed by atoms with Crippen molar-refractivity contribution in [2.24, 2.45) is 5.10 Å². The topological polar surface area (TPSA) is 50.7 Å². The fraction of sp³-hybridized carbons (Fsp3) is 0.300. The Morgan fingerprint density at radius 1 is 1.08 bits per heavy atom. The number of nitrogens with zero attached hydrogens (tertiary/aromatic N) is 1. The normalized spacial score (nSPS) is 11.2. The molecule has 0 saturated carbocycles. The van der Waals surface area contributed by atoms with Crippen LogP contribution in [0, 0.1) is 13.8 Å². The number of carbonyl (C=O) groups excluding carboxylic acids is 1. The van der Waals surface area contributed by atoms with Crippen LogP contribution in [0.2, 0.25) is 0 Å². The van der Waals surface area contributed by atoms with Gasteiger partial charge in [-0.3, -0.25) is 4.79 Å². The predicted octanol–water partition coefficient (Wildman–Crippen LogP) is 3.79. The van der Waals surface area contributed by atoms with Crippen molar-refractivity contribution in [2.75, 3.05) is 6.61 Å². The fourth-order valence-corrected chi connectivity index (χ4v) is 2.39. The van der Waals surface area contributed by atoms with E-state index >= 15 is 0 Å². The first-order chi connectivity index (χ1) is 11.5. The van der Waals surface area contributed by atoms with Crippen LogP contribution >= 0.6 is 0 Å². The highest BCUT2D eigenvalue weighted by Gasteiger charge is 2.04. The molecule has 0 radical (unpaired) electrons. The molecule has 0 bridgehead atoms. The van der Waals surface area contributed by atoms with E-state index in [1.807, 2.05) is 45.0 Å². The molecule has 0 aromatic heterocycles. The molecular weight excluding hydrogens is 300 g/mol. The van der Waals surface area contributed by atoms with Crippen molar-refractivity contribution in [3.63, 3.8) is 0 Å². The molecule has 2 rings (SSSR count). The summed E-state index contributed by atoms with van der Waals surface area (Å²) in [5, 5.41) is 4.13. The maximum Gasteiger partial charge on any atom is 0.277 e. The van der Waals surface area contributed by atoms with Crippen molar-refractivity contribution in [2.45, 2.75) is 34.1 Å². The van der Waals surface area contributed by atoms with Gasteiger partial charge in [-0.2, -0.15) is 5.10 Å². The van der Waals surface area contributed by atoms with E-state index < -0.39 is 0 Å². The zero-order chi connectivity index (χ0) is 17.5. The first-order valence-corrected chi connectivity index (χ1v) is 8.11. The molecule has 0 spiro atoms. The van der Waals surface area contributed by atoms with E-state index in [1.54, 1.807) is 0 Å². The van der Waals surface area contributed by atoms with E-state index in [2.05, 4.69) is 35.7 Å². The molecule has 4 heteroatoms. The summed E-state index contributed by atoms with van der Waals surface area (Å²) < 4.78 is 5.52. The van der Waals surface area contributed by atoms with Crippen LogP contribution in [0.5, 0.6) is 5.75 Å². The smallest absolute Gasteiger partial charge is 0.277 e. The molecular formula is C20H24N2O2. The maximum atomic E-state index is 11.9. The van der Waals surface area contributed by atoms with Gasteiger partial charge in [0.05, 0.1) is 5.71 Å². The lowest BCUT2D eigenvalue weighted by atomic mass is 10.1. The monoisotopic (exact) mass is 324 g/mol. The summed E-state index contributed by atoms with van der Waals surface area (Å²) in [4.78, 5) is 11.9. The van der Waals surface area contributed by atoms with E-state index in [0.717, 1.165) is 28.8 Å². The van der Waals surface area contributed by atoms with Gasteiger partial charge in [0.15, 0.2) is 6.61 Å². The van der Waals surface area contributed by atoms with E-state index in [9.17, 15) is 4.79 Å². The van der Waals surface area contributed by atoms with Crippen molar-refractivity contribution >= 4 is 11.6 Å². The average Bonchev–Trinajstić information content (AvgIpc) is 2.57. The van der Waals surface area contributed by atoms with Gasteiger partial charge in [0, 0.05) is 0 Å². The minimum absolute atomic E-state index is 0.0611. The third-order valence-corrected chi connectivity index (χ3v) is 3.69. The molecule has 126 valence electrons. The summed E-state index contributed by atoms with van der Waals surface area (Å²) in [5.41, 5.74) is 7.77. The molecule has 0 aliphatic heterocycles. The molecule has 0 unspecified atom stereocenters. The van der Waals surface area contributed by atoms with Crippen LogP contribution in [0.4, 0.5) is 0 Å². The Hall–Kier alpha value is -2.62. The first kappa shape index (κ1) is 17.7. The lowest BCUT2D eigenvalue weighted by Crippen LogP contribution is -2.25. The molecule has 2 aromatic carbocycles. The highest BCUT2D eigenvalue weighted by molar-refractivity contribution is 5.99. The van der Waals surface area contributed by atoms with Gasteiger partial charge in [-0.25, -0.2) is 5.43 Å². The Morgan fingerprint density at radius 3 is 2.29 bits per heavy atom. The molecule has 0 aliphatic carbocycles. The number of aryl methyl sites for hydroxylation is 3. The lowest BCUT2D eigenvalue weighted by molar-refractivity contribution is -0.123. The summed E-state index contributed by atoms with van der Waals surface area (Å²) >= 11 is 0. The van der Waals surface area contributed by atoms with E-state index in [4.69, 9.17) is 4.74 Å². The maximum absolute atomic E-state index is 11.9. The molecule has 2 aromatic rings. The van der Waals surface area contributed by atoms with Crippen LogP contribution in [-0.2, 0) is 11.2 Å². The molecule has 4 nitrogen and oxygen atoms in total. The number of rotatable bonds is 6. The summed E-state index contributed by atoms with van der Waals surface area (Å²) in [5.74, 6) is 0.414. The highest BCUT2D eigenvalue weighted by Crippen LogP contribution is 2.15. The van der Waals surface area contributed by atoms with Crippen molar-refractivity contribution in [3.8, 4) is 5.75 Å². The number of hydrazone groups is 1. The van der Waals surface area contributed by atoms with Crippen molar-refractivity contribution in [1.82, 2.24) is 5.43 Å². The van der Waals surface area contributed by atoms with Crippen molar-refractivity contribution in [3.05, 3.63) is 64.7 Å². The van der Waals surface area contributed by atoms with E-state index in [0.29, 0.717) is 5.75 Å². The van der Waals surface area contributed by atoms with Crippen LogP contribution in [-0.4, -0.2) is 18.2 Å². The van der Waals surface area contributed by atoms with Crippen LogP contribution < -0.4 is 10.2 Å². The summed E-state index contributed by atoms with van der Waals surface area (Å²) in [6, 6.07) is 14.0. The number of carbonyl (C=O) groups is 1. The van der Waals surface area contributed by atoms with Gasteiger partial charge < -0.3 is 4.74 Å². The minimum Gasteiger partial charge on any atom is -0.484 e. The lowest BCUT2D eigenvalue weighted by Gasteiger charge is -2.08. The van der Waals surface area contributed by atoms with Crippen LogP contribution in [0.3, 0.4) is 0 Å². The second-order valence-electron chi connectivity index (χ2n) is 5.89. The Labute approximate surface area is 143 Å². The Morgan fingerprint density at radius 2 is 1.71 bits per heavy atom. The minimum atomic E-state index is -0.279. The van der Waals surface area contributed by atoms with Gasteiger partial charge in [-0.1, -0.05) is 37.3 Å². The van der Waals surface area contributed by atoms with E-state index in [-0.39, 0.29) is 12.5 Å². The summed E-state index contributed by atoms with van der Waals surface area (Å²) in [7, 11) is 0. The van der Waals surface area contributed by atoms with Crippen LogP contribution in [0.15, 0.2) is 47.6 Å². The molecule has 0 atom stereocenters. The summed E-state index contributed by atoms with van der Waals surface area (Å²) in [6.07, 6.45) is 1.00. The predicted molar refractivity (Wildman–Crippen MR) is 97.6 cm³/mol. The highest BCUT2D eigenvalue weighted by atomic mass is 16.5. The fourth-order valence-electron chi connectivity index (χ4n) is 2.39. The number of amides is 1. The quantitative estimate of drug-likeness (QED) is 0.649. The Bertz CT molecular complexity index is 714. The molecule has 0 saturated heterocycles. The molecule has 1 N–H and O–H groups in total. The van der Waals surface area contributed by atoms with Crippen molar-refractivity contribution < 1.29 is 9.53 Å². The number of hydrogen-bond donors (Lipinski definition) is 1. The molecule has 24 heavy (non-hydrogen) atoms. The zero-order valence-corrected chi connectivity index (χ0v) is 14.7. The van der Waals surface area contributed by atoms with E-state index in [1.165, 1.54) is 5.56 Å². The third kappa shape index (κ3) is 5.23. The van der Waals surface area contributed by atoms with Crippen LogP contribution in [0.25, 0.3) is 0 Å². The number of ether oxygens (including phenoxy) is 1. The number of hydrogen-bond acceptors (Lipinski definition) is 3. The zero-order valence-electron chi connectivity index (χ0n) is 14.7. The molecule has 0 fully saturated rings. The third-order valence-electron chi connectivity index (χ3n) is 3.69.